The van der Waals surface area contributed by atoms with Crippen molar-refractivity contribution in [1.82, 2.24) is 0 Å². The Bertz CT molecular complexity index is 1020. The molecule has 3 aromatic carbocycles. The van der Waals surface area contributed by atoms with Crippen LogP contribution in [0.1, 0.15) is 21.5 Å². The molecule has 0 aliphatic carbocycles. The number of nitrogens with one attached hydrogen (secondary N) is 1. The Kier molecular flexibility index (Phi) is 4.60. The minimum atomic E-state index is -0.252. The summed E-state index contributed by atoms with van der Waals surface area (Å²) in [6.45, 7) is 0. The highest BCUT2D eigenvalue weighted by Crippen LogP contribution is 2.27. The number of amides is 1. The molecule has 0 aromatic heterocycles. The average molecular weight is 322 g/mol. The molecular weight excluding hydrogens is 308 g/mol. The van der Waals surface area contributed by atoms with Crippen molar-refractivity contribution in [3.8, 4) is 29.5 Å². The minimum Gasteiger partial charge on any atom is -0.322 e. The van der Waals surface area contributed by atoms with E-state index >= 15 is 0 Å². The monoisotopic (exact) mass is 322 g/mol. The van der Waals surface area contributed by atoms with Crippen LogP contribution in [0.25, 0.3) is 11.1 Å². The van der Waals surface area contributed by atoms with Crippen molar-refractivity contribution in [2.75, 3.05) is 5.32 Å². The number of terminal acetylenes is 1. The summed E-state index contributed by atoms with van der Waals surface area (Å²) in [5.41, 5.74) is 3.79. The van der Waals surface area contributed by atoms with Crippen molar-refractivity contribution in [2.24, 2.45) is 0 Å². The first kappa shape index (κ1) is 16.1. The average Bonchev–Trinajstić information content (AvgIpc) is 2.68. The van der Waals surface area contributed by atoms with Crippen LogP contribution in [0.4, 0.5) is 5.69 Å². The third-order valence-electron chi connectivity index (χ3n) is 3.80. The van der Waals surface area contributed by atoms with Gasteiger partial charge in [0.05, 0.1) is 11.6 Å². The third-order valence-corrected chi connectivity index (χ3v) is 3.80. The maximum atomic E-state index is 12.8. The highest BCUT2D eigenvalue weighted by atomic mass is 16.1. The number of carbonyl (C=O) groups is 1. The van der Waals surface area contributed by atoms with E-state index in [1.54, 1.807) is 48.5 Å². The lowest BCUT2D eigenvalue weighted by Gasteiger charge is -2.11. The van der Waals surface area contributed by atoms with Gasteiger partial charge in [0.15, 0.2) is 0 Å². The first-order chi connectivity index (χ1) is 12.2. The van der Waals surface area contributed by atoms with E-state index in [4.69, 9.17) is 6.42 Å². The molecule has 0 fully saturated rings. The summed E-state index contributed by atoms with van der Waals surface area (Å²) in [6.07, 6.45) is 5.40. The molecule has 118 valence electrons. The van der Waals surface area contributed by atoms with Crippen LogP contribution in [-0.4, -0.2) is 5.91 Å². The minimum absolute atomic E-state index is 0.252. The third kappa shape index (κ3) is 3.42. The molecule has 25 heavy (non-hydrogen) atoms. The van der Waals surface area contributed by atoms with Crippen molar-refractivity contribution >= 4 is 11.6 Å². The Morgan fingerprint density at radius 3 is 2.40 bits per heavy atom. The van der Waals surface area contributed by atoms with E-state index < -0.39 is 0 Å². The second-order valence-corrected chi connectivity index (χ2v) is 5.38. The normalized spacial score (nSPS) is 9.68. The molecule has 1 amide bonds. The maximum absolute atomic E-state index is 12.8. The first-order valence-corrected chi connectivity index (χ1v) is 7.69. The Morgan fingerprint density at radius 1 is 0.920 bits per heavy atom. The van der Waals surface area contributed by atoms with Crippen LogP contribution >= 0.6 is 0 Å². The smallest absolute Gasteiger partial charge is 0.256 e. The predicted octanol–water partition coefficient (Wildman–Crippen LogP) is 4.46. The van der Waals surface area contributed by atoms with E-state index in [1.807, 2.05) is 24.3 Å². The highest BCUT2D eigenvalue weighted by molar-refractivity contribution is 6.09. The molecule has 3 heteroatoms. The van der Waals surface area contributed by atoms with Gasteiger partial charge in [0, 0.05) is 22.4 Å². The van der Waals surface area contributed by atoms with Crippen molar-refractivity contribution in [3.05, 3.63) is 89.5 Å². The van der Waals surface area contributed by atoms with E-state index in [9.17, 15) is 10.1 Å². The molecule has 3 rings (SSSR count). The molecule has 0 spiro atoms. The van der Waals surface area contributed by atoms with Gasteiger partial charge in [-0.15, -0.1) is 6.42 Å². The zero-order valence-electron chi connectivity index (χ0n) is 13.4. The van der Waals surface area contributed by atoms with Crippen LogP contribution in [0, 0.1) is 23.7 Å². The van der Waals surface area contributed by atoms with Crippen LogP contribution in [-0.2, 0) is 0 Å². The quantitative estimate of drug-likeness (QED) is 0.724. The van der Waals surface area contributed by atoms with E-state index in [-0.39, 0.29) is 5.91 Å². The second kappa shape index (κ2) is 7.17. The topological polar surface area (TPSA) is 52.9 Å². The van der Waals surface area contributed by atoms with Gasteiger partial charge in [-0.2, -0.15) is 5.26 Å². The summed E-state index contributed by atoms with van der Waals surface area (Å²) < 4.78 is 0. The second-order valence-electron chi connectivity index (χ2n) is 5.38. The summed E-state index contributed by atoms with van der Waals surface area (Å²) in [7, 11) is 0. The molecular formula is C22H14N2O. The molecule has 3 nitrogen and oxygen atoms in total. The number of hydrogen-bond donors (Lipinski definition) is 1. The van der Waals surface area contributed by atoms with Crippen LogP contribution in [0.15, 0.2) is 72.8 Å². The van der Waals surface area contributed by atoms with Gasteiger partial charge in [0.25, 0.3) is 5.91 Å². The number of rotatable bonds is 3. The molecule has 0 saturated heterocycles. The fourth-order valence-electron chi connectivity index (χ4n) is 2.62. The highest BCUT2D eigenvalue weighted by Gasteiger charge is 2.14. The molecule has 0 radical (unpaired) electrons. The van der Waals surface area contributed by atoms with Gasteiger partial charge >= 0.3 is 0 Å². The number of nitriles is 1. The summed E-state index contributed by atoms with van der Waals surface area (Å²) in [5.74, 6) is 2.29. The largest absolute Gasteiger partial charge is 0.322 e. The molecule has 0 bridgehead atoms. The Hall–Kier alpha value is -3.82. The van der Waals surface area contributed by atoms with Gasteiger partial charge in [0.1, 0.15) is 0 Å². The van der Waals surface area contributed by atoms with E-state index in [1.165, 1.54) is 0 Å². The van der Waals surface area contributed by atoms with E-state index in [0.29, 0.717) is 27.9 Å². The number of carbonyl (C=O) groups excluding carboxylic acids is 1. The molecule has 0 saturated carbocycles. The number of benzene rings is 3. The standard InChI is InChI=1S/C22H14N2O/c1-2-16-8-7-10-18(14-16)24-22(25)21-13-6-5-12-20(21)19-11-4-3-9-17(19)15-23/h1,3-14H,(H,24,25). The molecule has 0 atom stereocenters. The molecule has 3 aromatic rings. The van der Waals surface area contributed by atoms with Crippen LogP contribution in [0.2, 0.25) is 0 Å². The van der Waals surface area contributed by atoms with Gasteiger partial charge in [-0.25, -0.2) is 0 Å². The van der Waals surface area contributed by atoms with Gasteiger partial charge < -0.3 is 5.32 Å². The fraction of sp³-hybridized carbons (Fsp3) is 0. The van der Waals surface area contributed by atoms with Crippen molar-refractivity contribution in [2.45, 2.75) is 0 Å². The summed E-state index contributed by atoms with van der Waals surface area (Å²) in [6, 6.07) is 23.7. The molecule has 0 aliphatic heterocycles. The van der Waals surface area contributed by atoms with Crippen molar-refractivity contribution in [3.63, 3.8) is 0 Å². The predicted molar refractivity (Wildman–Crippen MR) is 98.9 cm³/mol. The lowest BCUT2D eigenvalue weighted by atomic mass is 9.95. The molecule has 0 aliphatic rings. The number of hydrogen-bond acceptors (Lipinski definition) is 2. The first-order valence-electron chi connectivity index (χ1n) is 7.69. The lowest BCUT2D eigenvalue weighted by molar-refractivity contribution is 0.102. The summed E-state index contributed by atoms with van der Waals surface area (Å²) in [5, 5.41) is 12.2. The zero-order valence-corrected chi connectivity index (χ0v) is 13.4. The van der Waals surface area contributed by atoms with Crippen molar-refractivity contribution in [1.29, 1.82) is 5.26 Å². The maximum Gasteiger partial charge on any atom is 0.256 e. The van der Waals surface area contributed by atoms with Crippen molar-refractivity contribution < 1.29 is 4.79 Å². The van der Waals surface area contributed by atoms with E-state index in [2.05, 4.69) is 17.3 Å². The SMILES string of the molecule is C#Cc1cccc(NC(=O)c2ccccc2-c2ccccc2C#N)c1. The molecule has 0 unspecified atom stereocenters. The number of nitrogens with zero attached hydrogens (tertiary/aromatic N) is 1. The molecule has 1 N–H and O–H groups in total. The van der Waals surface area contributed by atoms with Gasteiger partial charge in [-0.3, -0.25) is 4.79 Å². The Morgan fingerprint density at radius 2 is 1.64 bits per heavy atom. The van der Waals surface area contributed by atoms with Gasteiger partial charge in [-0.05, 0) is 35.9 Å². The van der Waals surface area contributed by atoms with Crippen LogP contribution in [0.5, 0.6) is 0 Å². The van der Waals surface area contributed by atoms with E-state index in [0.717, 1.165) is 5.56 Å². The van der Waals surface area contributed by atoms with Crippen LogP contribution in [0.3, 0.4) is 0 Å². The lowest BCUT2D eigenvalue weighted by Crippen LogP contribution is -2.13. The number of anilines is 1. The summed E-state index contributed by atoms with van der Waals surface area (Å²) in [4.78, 5) is 12.8. The fourth-order valence-corrected chi connectivity index (χ4v) is 2.62. The summed E-state index contributed by atoms with van der Waals surface area (Å²) >= 11 is 0. The Labute approximate surface area is 146 Å². The van der Waals surface area contributed by atoms with Crippen LogP contribution < -0.4 is 5.32 Å². The molecule has 0 heterocycles. The zero-order chi connectivity index (χ0) is 17.6. The Balaban J connectivity index is 2.00. The van der Waals surface area contributed by atoms with Gasteiger partial charge in [-0.1, -0.05) is 48.4 Å². The van der Waals surface area contributed by atoms with Gasteiger partial charge in [0.2, 0.25) is 0 Å².